The van der Waals surface area contributed by atoms with Crippen LogP contribution < -0.4 is 5.73 Å². The van der Waals surface area contributed by atoms with E-state index in [9.17, 15) is 9.18 Å². The van der Waals surface area contributed by atoms with E-state index >= 15 is 0 Å². The third-order valence-corrected chi connectivity index (χ3v) is 2.52. The lowest BCUT2D eigenvalue weighted by Crippen LogP contribution is -2.42. The van der Waals surface area contributed by atoms with Gasteiger partial charge >= 0.3 is 0 Å². The molecule has 1 aromatic rings. The maximum Gasteiger partial charge on any atom is 0.257 e. The monoisotopic (exact) mass is 270 g/mol. The normalized spacial score (nSPS) is 10.4. The van der Waals surface area contributed by atoms with Crippen molar-refractivity contribution in [2.24, 2.45) is 5.73 Å². The molecule has 0 aromatic heterocycles. The summed E-state index contributed by atoms with van der Waals surface area (Å²) in [5, 5.41) is 9.11. The van der Waals surface area contributed by atoms with Gasteiger partial charge in [0.1, 0.15) is 11.6 Å². The highest BCUT2D eigenvalue weighted by atomic mass is 32.1. The number of hydrogen-bond donors (Lipinski definition) is 2. The van der Waals surface area contributed by atoms with Gasteiger partial charge in [0, 0.05) is 12.1 Å². The molecule has 1 aromatic carbocycles. The molecule has 4 nitrogen and oxygen atoms in total. The van der Waals surface area contributed by atoms with Gasteiger partial charge in [-0.15, -0.1) is 0 Å². The van der Waals surface area contributed by atoms with Gasteiger partial charge in [0.25, 0.3) is 5.91 Å². The minimum absolute atomic E-state index is 0.0894. The summed E-state index contributed by atoms with van der Waals surface area (Å²) in [6.07, 6.45) is 0. The van der Waals surface area contributed by atoms with Crippen LogP contribution in [-0.2, 0) is 0 Å². The summed E-state index contributed by atoms with van der Waals surface area (Å²) in [7, 11) is 0. The topological polar surface area (TPSA) is 66.6 Å². The van der Waals surface area contributed by atoms with Crippen LogP contribution in [0.1, 0.15) is 24.2 Å². The largest absolute Gasteiger partial charge is 0.508 e. The number of amides is 1. The molecular weight excluding hydrogens is 255 g/mol. The van der Waals surface area contributed by atoms with E-state index in [0.29, 0.717) is 0 Å². The molecule has 0 aliphatic rings. The Kier molecular flexibility index (Phi) is 4.61. The van der Waals surface area contributed by atoms with Crippen molar-refractivity contribution >= 4 is 23.1 Å². The number of phenolic OH excluding ortho intramolecular Hbond substituents is 1. The minimum Gasteiger partial charge on any atom is -0.508 e. The Labute approximate surface area is 110 Å². The Balaban J connectivity index is 3.05. The van der Waals surface area contributed by atoms with Crippen molar-refractivity contribution in [3.05, 3.63) is 29.6 Å². The summed E-state index contributed by atoms with van der Waals surface area (Å²) in [4.78, 5) is 13.7. The van der Waals surface area contributed by atoms with Crippen molar-refractivity contribution in [3.8, 4) is 5.75 Å². The molecule has 0 saturated heterocycles. The van der Waals surface area contributed by atoms with E-state index in [-0.39, 0.29) is 28.9 Å². The third-order valence-electron chi connectivity index (χ3n) is 2.39. The summed E-state index contributed by atoms with van der Waals surface area (Å²) in [6, 6.07) is 3.23. The predicted molar refractivity (Wildman–Crippen MR) is 71.0 cm³/mol. The molecule has 0 fully saturated rings. The van der Waals surface area contributed by atoms with E-state index in [1.54, 1.807) is 13.8 Å². The first-order valence-electron chi connectivity index (χ1n) is 5.40. The van der Waals surface area contributed by atoms with E-state index < -0.39 is 11.7 Å². The molecule has 0 atom stereocenters. The smallest absolute Gasteiger partial charge is 0.257 e. The highest BCUT2D eigenvalue weighted by molar-refractivity contribution is 7.80. The Morgan fingerprint density at radius 1 is 1.56 bits per heavy atom. The number of halogens is 1. The molecule has 0 aliphatic heterocycles. The van der Waals surface area contributed by atoms with E-state index in [2.05, 4.69) is 0 Å². The van der Waals surface area contributed by atoms with Gasteiger partial charge in [-0.1, -0.05) is 12.2 Å². The van der Waals surface area contributed by atoms with E-state index in [1.807, 2.05) is 0 Å². The Morgan fingerprint density at radius 2 is 2.17 bits per heavy atom. The van der Waals surface area contributed by atoms with Gasteiger partial charge < -0.3 is 15.7 Å². The summed E-state index contributed by atoms with van der Waals surface area (Å²) < 4.78 is 13.6. The maximum absolute atomic E-state index is 13.6. The molecule has 0 unspecified atom stereocenters. The standard InChI is InChI=1S/C12H15FN2O2S/c1-7(2)15(6-11(14)18)12(17)9-4-3-8(16)5-10(9)13/h3-5,7,16H,6H2,1-2H3,(H2,14,18). The van der Waals surface area contributed by atoms with Crippen molar-refractivity contribution in [3.63, 3.8) is 0 Å². The second kappa shape index (κ2) is 5.77. The first kappa shape index (κ1) is 14.4. The average Bonchev–Trinajstić information content (AvgIpc) is 2.24. The zero-order valence-electron chi connectivity index (χ0n) is 10.2. The van der Waals surface area contributed by atoms with Crippen LogP contribution in [0.25, 0.3) is 0 Å². The molecule has 0 radical (unpaired) electrons. The zero-order chi connectivity index (χ0) is 13.9. The van der Waals surface area contributed by atoms with Crippen LogP contribution in [0.3, 0.4) is 0 Å². The molecule has 0 spiro atoms. The fourth-order valence-corrected chi connectivity index (χ4v) is 1.63. The van der Waals surface area contributed by atoms with Crippen LogP contribution in [0.15, 0.2) is 18.2 Å². The number of benzene rings is 1. The van der Waals surface area contributed by atoms with Crippen LogP contribution in [0.5, 0.6) is 5.75 Å². The SMILES string of the molecule is CC(C)N(CC(N)=S)C(=O)c1ccc(O)cc1F. The molecule has 18 heavy (non-hydrogen) atoms. The summed E-state index contributed by atoms with van der Waals surface area (Å²) in [6.45, 7) is 3.66. The molecule has 1 rings (SSSR count). The fraction of sp³-hybridized carbons (Fsp3) is 0.333. The number of carbonyl (C=O) groups excluding carboxylic acids is 1. The third kappa shape index (κ3) is 3.40. The zero-order valence-corrected chi connectivity index (χ0v) is 11.0. The lowest BCUT2D eigenvalue weighted by molar-refractivity contribution is 0.0731. The van der Waals surface area contributed by atoms with Crippen molar-refractivity contribution in [1.82, 2.24) is 4.90 Å². The predicted octanol–water partition coefficient (Wildman–Crippen LogP) is 1.67. The van der Waals surface area contributed by atoms with E-state index in [0.717, 1.165) is 6.07 Å². The number of carbonyl (C=O) groups is 1. The minimum atomic E-state index is -0.770. The summed E-state index contributed by atoms with van der Waals surface area (Å²) >= 11 is 4.76. The van der Waals surface area contributed by atoms with Gasteiger partial charge in [0.2, 0.25) is 0 Å². The van der Waals surface area contributed by atoms with Crippen LogP contribution in [0.2, 0.25) is 0 Å². The fourth-order valence-electron chi connectivity index (χ4n) is 1.49. The van der Waals surface area contributed by atoms with Gasteiger partial charge in [0.15, 0.2) is 0 Å². The number of hydrogen-bond acceptors (Lipinski definition) is 3. The van der Waals surface area contributed by atoms with Crippen molar-refractivity contribution in [2.75, 3.05) is 6.54 Å². The molecule has 1 amide bonds. The highest BCUT2D eigenvalue weighted by Crippen LogP contribution is 2.17. The van der Waals surface area contributed by atoms with Gasteiger partial charge in [-0.3, -0.25) is 4.79 Å². The van der Waals surface area contributed by atoms with Crippen LogP contribution in [0, 0.1) is 5.82 Å². The molecular formula is C12H15FN2O2S. The number of nitrogens with two attached hydrogens (primary N) is 1. The van der Waals surface area contributed by atoms with Crippen molar-refractivity contribution < 1.29 is 14.3 Å². The summed E-state index contributed by atoms with van der Waals surface area (Å²) in [5.41, 5.74) is 5.30. The maximum atomic E-state index is 13.6. The second-order valence-electron chi connectivity index (χ2n) is 4.16. The van der Waals surface area contributed by atoms with Gasteiger partial charge in [0.05, 0.1) is 17.1 Å². The number of rotatable bonds is 4. The molecule has 0 saturated carbocycles. The lowest BCUT2D eigenvalue weighted by atomic mass is 10.1. The highest BCUT2D eigenvalue weighted by Gasteiger charge is 2.22. The van der Waals surface area contributed by atoms with E-state index in [4.69, 9.17) is 23.1 Å². The van der Waals surface area contributed by atoms with Crippen LogP contribution in [-0.4, -0.2) is 33.5 Å². The summed E-state index contributed by atoms with van der Waals surface area (Å²) in [5.74, 6) is -1.50. The second-order valence-corrected chi connectivity index (χ2v) is 4.68. The molecule has 0 bridgehead atoms. The van der Waals surface area contributed by atoms with Gasteiger partial charge in [-0.05, 0) is 26.0 Å². The van der Waals surface area contributed by atoms with Crippen molar-refractivity contribution in [1.29, 1.82) is 0 Å². The Bertz CT molecular complexity index is 477. The molecule has 98 valence electrons. The molecule has 0 aliphatic carbocycles. The number of thiocarbonyl (C=S) groups is 1. The molecule has 6 heteroatoms. The van der Waals surface area contributed by atoms with Crippen LogP contribution >= 0.6 is 12.2 Å². The number of nitrogens with zero attached hydrogens (tertiary/aromatic N) is 1. The van der Waals surface area contributed by atoms with Gasteiger partial charge in [-0.2, -0.15) is 0 Å². The number of aromatic hydroxyl groups is 1. The number of phenols is 1. The Morgan fingerprint density at radius 3 is 2.61 bits per heavy atom. The average molecular weight is 270 g/mol. The molecule has 0 heterocycles. The first-order valence-corrected chi connectivity index (χ1v) is 5.81. The van der Waals surface area contributed by atoms with Gasteiger partial charge in [-0.25, -0.2) is 4.39 Å². The van der Waals surface area contributed by atoms with Crippen LogP contribution in [0.4, 0.5) is 4.39 Å². The quantitative estimate of drug-likeness (QED) is 0.817. The molecule has 3 N–H and O–H groups in total. The Hall–Kier alpha value is -1.69. The van der Waals surface area contributed by atoms with E-state index in [1.165, 1.54) is 17.0 Å². The van der Waals surface area contributed by atoms with Crippen molar-refractivity contribution in [2.45, 2.75) is 19.9 Å². The lowest BCUT2D eigenvalue weighted by Gasteiger charge is -2.26. The first-order chi connectivity index (χ1) is 8.32.